The first-order chi connectivity index (χ1) is 9.55. The lowest BCUT2D eigenvalue weighted by atomic mass is 10.3. The summed E-state index contributed by atoms with van der Waals surface area (Å²) in [5, 5.41) is 20.5. The van der Waals surface area contributed by atoms with E-state index in [1.54, 1.807) is 13.1 Å². The Morgan fingerprint density at radius 2 is 2.25 bits per heavy atom. The number of non-ortho nitro benzene ring substituents is 1. The lowest BCUT2D eigenvalue weighted by Gasteiger charge is -2.05. The minimum atomic E-state index is -0.456. The van der Waals surface area contributed by atoms with Crippen molar-refractivity contribution in [1.82, 2.24) is 14.8 Å². The topological polar surface area (TPSA) is 106 Å². The standard InChI is InChI=1S/C11H13N5O3S/c1-3-15-10(17)13-14-11(15)20-9-5-7(12-2)4-8(6-9)16(18)19/h4-6,12H,3H2,1-2H3,(H,13,17). The van der Waals surface area contributed by atoms with E-state index in [1.165, 1.54) is 28.5 Å². The van der Waals surface area contributed by atoms with Gasteiger partial charge < -0.3 is 5.32 Å². The molecule has 1 aromatic carbocycles. The van der Waals surface area contributed by atoms with Crippen molar-refractivity contribution in [3.8, 4) is 0 Å². The number of benzene rings is 1. The first-order valence-corrected chi connectivity index (χ1v) is 6.67. The largest absolute Gasteiger partial charge is 0.388 e. The summed E-state index contributed by atoms with van der Waals surface area (Å²) in [5.74, 6) is 0. The number of nitrogens with one attached hydrogen (secondary N) is 2. The third kappa shape index (κ3) is 2.82. The Kier molecular flexibility index (Phi) is 4.08. The van der Waals surface area contributed by atoms with Crippen LogP contribution in [-0.4, -0.2) is 26.7 Å². The van der Waals surface area contributed by atoms with Crippen molar-refractivity contribution in [3.63, 3.8) is 0 Å². The number of nitrogens with zero attached hydrogens (tertiary/aromatic N) is 3. The molecule has 0 amide bonds. The monoisotopic (exact) mass is 295 g/mol. The number of anilines is 1. The van der Waals surface area contributed by atoms with Gasteiger partial charge in [-0.25, -0.2) is 9.89 Å². The van der Waals surface area contributed by atoms with Crippen molar-refractivity contribution in [2.24, 2.45) is 0 Å². The molecule has 0 spiro atoms. The predicted molar refractivity (Wildman–Crippen MR) is 75.3 cm³/mol. The predicted octanol–water partition coefficient (Wildman–Crippen LogP) is 1.69. The molecule has 2 N–H and O–H groups in total. The molecule has 2 aromatic rings. The quantitative estimate of drug-likeness (QED) is 0.642. The average Bonchev–Trinajstić information content (AvgIpc) is 2.78. The first kappa shape index (κ1) is 14.1. The van der Waals surface area contributed by atoms with Crippen LogP contribution in [0.1, 0.15) is 6.92 Å². The number of nitro groups is 1. The summed E-state index contributed by atoms with van der Waals surface area (Å²) >= 11 is 1.20. The Morgan fingerprint density at radius 3 is 2.85 bits per heavy atom. The van der Waals surface area contributed by atoms with Gasteiger partial charge in [0.05, 0.1) is 4.92 Å². The van der Waals surface area contributed by atoms with E-state index in [2.05, 4.69) is 15.5 Å². The van der Waals surface area contributed by atoms with Crippen LogP contribution < -0.4 is 11.0 Å². The molecule has 0 aliphatic heterocycles. The Morgan fingerprint density at radius 1 is 1.50 bits per heavy atom. The molecule has 0 bridgehead atoms. The van der Waals surface area contributed by atoms with Crippen LogP contribution in [0.4, 0.5) is 11.4 Å². The summed E-state index contributed by atoms with van der Waals surface area (Å²) in [5.41, 5.74) is 0.317. The van der Waals surface area contributed by atoms with E-state index in [1.807, 2.05) is 6.92 Å². The summed E-state index contributed by atoms with van der Waals surface area (Å²) in [6.45, 7) is 2.30. The van der Waals surface area contributed by atoms with E-state index < -0.39 is 4.92 Å². The molecular weight excluding hydrogens is 282 g/mol. The molecule has 0 saturated carbocycles. The van der Waals surface area contributed by atoms with Crippen LogP contribution in [0, 0.1) is 10.1 Å². The summed E-state index contributed by atoms with van der Waals surface area (Å²) in [6, 6.07) is 4.66. The Labute approximate surface area is 118 Å². The highest BCUT2D eigenvalue weighted by molar-refractivity contribution is 7.99. The Hall–Kier alpha value is -2.29. The van der Waals surface area contributed by atoms with Crippen LogP contribution in [-0.2, 0) is 6.54 Å². The molecule has 0 aliphatic rings. The molecule has 2 rings (SSSR count). The van der Waals surface area contributed by atoms with Gasteiger partial charge in [0.25, 0.3) is 5.69 Å². The van der Waals surface area contributed by atoms with Gasteiger partial charge in [-0.1, -0.05) is 0 Å². The molecule has 1 heterocycles. The van der Waals surface area contributed by atoms with Gasteiger partial charge in [0.1, 0.15) is 0 Å². The molecule has 0 fully saturated rings. The summed E-state index contributed by atoms with van der Waals surface area (Å²) in [6.07, 6.45) is 0. The van der Waals surface area contributed by atoms with Gasteiger partial charge in [0.15, 0.2) is 5.16 Å². The molecule has 0 aliphatic carbocycles. The number of nitro benzene ring substituents is 1. The van der Waals surface area contributed by atoms with Gasteiger partial charge in [-0.15, -0.1) is 5.10 Å². The van der Waals surface area contributed by atoms with Crippen LogP contribution in [0.3, 0.4) is 0 Å². The van der Waals surface area contributed by atoms with Crippen LogP contribution in [0.25, 0.3) is 0 Å². The van der Waals surface area contributed by atoms with Gasteiger partial charge in [-0.05, 0) is 24.8 Å². The van der Waals surface area contributed by atoms with Crippen molar-refractivity contribution in [3.05, 3.63) is 38.8 Å². The van der Waals surface area contributed by atoms with E-state index in [0.29, 0.717) is 22.3 Å². The van der Waals surface area contributed by atoms with Crippen molar-refractivity contribution < 1.29 is 4.92 Å². The van der Waals surface area contributed by atoms with E-state index in [0.717, 1.165) is 0 Å². The Balaban J connectivity index is 2.39. The molecular formula is C11H13N5O3S. The minimum absolute atomic E-state index is 0.0136. The smallest absolute Gasteiger partial charge is 0.343 e. The molecule has 0 saturated heterocycles. The molecule has 0 atom stereocenters. The van der Waals surface area contributed by atoms with Gasteiger partial charge >= 0.3 is 5.69 Å². The number of hydrogen-bond acceptors (Lipinski definition) is 6. The maximum absolute atomic E-state index is 11.5. The zero-order chi connectivity index (χ0) is 14.7. The number of hydrogen-bond donors (Lipinski definition) is 2. The number of aromatic amines is 1. The van der Waals surface area contributed by atoms with E-state index >= 15 is 0 Å². The van der Waals surface area contributed by atoms with Gasteiger partial charge in [-0.3, -0.25) is 14.7 Å². The zero-order valence-corrected chi connectivity index (χ0v) is 11.7. The highest BCUT2D eigenvalue weighted by atomic mass is 32.2. The van der Waals surface area contributed by atoms with Crippen molar-refractivity contribution in [2.75, 3.05) is 12.4 Å². The van der Waals surface area contributed by atoms with E-state index in [9.17, 15) is 14.9 Å². The molecule has 0 unspecified atom stereocenters. The van der Waals surface area contributed by atoms with Crippen molar-refractivity contribution in [1.29, 1.82) is 0 Å². The van der Waals surface area contributed by atoms with Gasteiger partial charge in [0, 0.05) is 36.3 Å². The average molecular weight is 295 g/mol. The maximum atomic E-state index is 11.5. The summed E-state index contributed by atoms with van der Waals surface area (Å²) in [4.78, 5) is 22.5. The second-order valence-electron chi connectivity index (χ2n) is 3.88. The Bertz CT molecular complexity index is 694. The van der Waals surface area contributed by atoms with Crippen LogP contribution in [0.5, 0.6) is 0 Å². The summed E-state index contributed by atoms with van der Waals surface area (Å²) < 4.78 is 1.46. The molecule has 9 heteroatoms. The van der Waals surface area contributed by atoms with E-state index in [4.69, 9.17) is 0 Å². The van der Waals surface area contributed by atoms with Crippen LogP contribution in [0.2, 0.25) is 0 Å². The van der Waals surface area contributed by atoms with E-state index in [-0.39, 0.29) is 11.4 Å². The first-order valence-electron chi connectivity index (χ1n) is 5.85. The number of H-pyrrole nitrogens is 1. The third-order valence-corrected chi connectivity index (χ3v) is 3.61. The summed E-state index contributed by atoms with van der Waals surface area (Å²) in [7, 11) is 1.68. The van der Waals surface area contributed by atoms with Crippen molar-refractivity contribution in [2.45, 2.75) is 23.5 Å². The molecule has 20 heavy (non-hydrogen) atoms. The molecule has 8 nitrogen and oxygen atoms in total. The minimum Gasteiger partial charge on any atom is -0.388 e. The highest BCUT2D eigenvalue weighted by Crippen LogP contribution is 2.31. The SMILES string of the molecule is CCn1c(Sc2cc(NC)cc([N+](=O)[O-])c2)n[nH]c1=O. The molecule has 0 radical (unpaired) electrons. The lowest BCUT2D eigenvalue weighted by Crippen LogP contribution is -2.15. The van der Waals surface area contributed by atoms with Gasteiger partial charge in [0.2, 0.25) is 0 Å². The second-order valence-corrected chi connectivity index (χ2v) is 4.92. The second kappa shape index (κ2) is 5.78. The highest BCUT2D eigenvalue weighted by Gasteiger charge is 2.13. The lowest BCUT2D eigenvalue weighted by molar-refractivity contribution is -0.385. The molecule has 1 aromatic heterocycles. The fourth-order valence-corrected chi connectivity index (χ4v) is 2.65. The third-order valence-electron chi connectivity index (χ3n) is 2.64. The number of aromatic nitrogens is 3. The van der Waals surface area contributed by atoms with Crippen LogP contribution in [0.15, 0.2) is 33.0 Å². The normalized spacial score (nSPS) is 10.5. The van der Waals surface area contributed by atoms with Gasteiger partial charge in [-0.2, -0.15) is 0 Å². The van der Waals surface area contributed by atoms with Crippen molar-refractivity contribution >= 4 is 23.1 Å². The fraction of sp³-hybridized carbons (Fsp3) is 0.273. The number of rotatable bonds is 5. The zero-order valence-electron chi connectivity index (χ0n) is 10.9. The molecule has 106 valence electrons. The fourth-order valence-electron chi connectivity index (χ4n) is 1.66. The van der Waals surface area contributed by atoms with Crippen LogP contribution >= 0.6 is 11.8 Å². The maximum Gasteiger partial charge on any atom is 0.343 e.